The molecule has 0 aliphatic carbocycles. The summed E-state index contributed by atoms with van der Waals surface area (Å²) < 4.78 is 5.35. The van der Waals surface area contributed by atoms with E-state index in [1.807, 2.05) is 0 Å². The third kappa shape index (κ3) is 2.66. The molecule has 0 spiro atoms. The lowest BCUT2D eigenvalue weighted by molar-refractivity contribution is 0.225. The maximum absolute atomic E-state index is 10.3. The Hall–Kier alpha value is -0.250. The second kappa shape index (κ2) is 4.12. The first kappa shape index (κ1) is 9.84. The number of carbonyl (C=O) groups is 1. The topological polar surface area (TPSA) is 26.3 Å². The number of carbonyl (C=O) groups excluding carboxylic acids is 1. The van der Waals surface area contributed by atoms with Crippen molar-refractivity contribution in [1.29, 1.82) is 0 Å². The first-order valence-electron chi connectivity index (χ1n) is 2.92. The van der Waals surface area contributed by atoms with Crippen LogP contribution in [0.15, 0.2) is 22.7 Å². The molecule has 0 aromatic heterocycles. The molecule has 0 heterocycles. The number of hydrogen-bond donors (Lipinski definition) is 0. The largest absolute Gasteiger partial charge is 0.413 e. The maximum atomic E-state index is 10.3. The van der Waals surface area contributed by atoms with Crippen LogP contribution >= 0.6 is 39.1 Å². The third-order valence-electron chi connectivity index (χ3n) is 1.08. The Balaban J connectivity index is 2.97. The lowest BCUT2D eigenvalue weighted by Gasteiger charge is -2.01. The van der Waals surface area contributed by atoms with E-state index in [2.05, 4.69) is 20.7 Å². The lowest BCUT2D eigenvalue weighted by Crippen LogP contribution is -1.96. The number of halogens is 3. The number of hydrogen-bond acceptors (Lipinski definition) is 2. The summed E-state index contributed by atoms with van der Waals surface area (Å²) in [5, 5.41) is 0.340. The predicted octanol–water partition coefficient (Wildman–Crippen LogP) is 3.84. The number of rotatable bonds is 1. The average Bonchev–Trinajstić information content (AvgIpc) is 1.96. The molecule has 0 aliphatic rings. The molecule has 0 radical (unpaired) electrons. The van der Waals surface area contributed by atoms with E-state index < -0.39 is 5.43 Å². The second-order valence-electron chi connectivity index (χ2n) is 1.91. The highest BCUT2D eigenvalue weighted by molar-refractivity contribution is 9.10. The first-order valence-corrected chi connectivity index (χ1v) is 4.47. The van der Waals surface area contributed by atoms with Gasteiger partial charge in [-0.2, -0.15) is 0 Å². The van der Waals surface area contributed by atoms with Crippen molar-refractivity contribution in [3.8, 4) is 5.75 Å². The molecule has 0 amide bonds. The Labute approximate surface area is 87.5 Å². The Morgan fingerprint density at radius 2 is 2.17 bits per heavy atom. The van der Waals surface area contributed by atoms with Crippen LogP contribution in [0, 0.1) is 0 Å². The zero-order valence-corrected chi connectivity index (χ0v) is 8.78. The predicted molar refractivity (Wildman–Crippen MR) is 51.0 cm³/mol. The van der Waals surface area contributed by atoms with Crippen LogP contribution in [0.25, 0.3) is 0 Å². The molecule has 0 saturated heterocycles. The quantitative estimate of drug-likeness (QED) is 0.724. The highest BCUT2D eigenvalue weighted by Gasteiger charge is 2.05. The lowest BCUT2D eigenvalue weighted by atomic mass is 10.3. The van der Waals surface area contributed by atoms with Gasteiger partial charge in [0.25, 0.3) is 0 Å². The summed E-state index contributed by atoms with van der Waals surface area (Å²) >= 11 is 13.9. The molecule has 0 saturated carbocycles. The van der Waals surface area contributed by atoms with Crippen LogP contribution in [0.3, 0.4) is 0 Å². The zero-order valence-electron chi connectivity index (χ0n) is 5.68. The van der Waals surface area contributed by atoms with Crippen molar-refractivity contribution in [2.45, 2.75) is 0 Å². The van der Waals surface area contributed by atoms with Gasteiger partial charge in [0.2, 0.25) is 0 Å². The molecule has 1 rings (SSSR count). The van der Waals surface area contributed by atoms with Crippen molar-refractivity contribution in [1.82, 2.24) is 0 Å². The minimum absolute atomic E-state index is 0.242. The molecular weight excluding hydrogens is 267 g/mol. The van der Waals surface area contributed by atoms with Gasteiger partial charge in [0.05, 0.1) is 5.02 Å². The maximum Gasteiger partial charge on any atom is 0.409 e. The standard InChI is InChI=1S/C7H3BrCl2O2/c8-4-1-2-5(9)6(3-4)12-7(10)11/h1-3H. The van der Waals surface area contributed by atoms with Crippen molar-refractivity contribution in [2.75, 3.05) is 0 Å². The summed E-state index contributed by atoms with van der Waals surface area (Å²) in [6, 6.07) is 4.89. The average molecular weight is 270 g/mol. The van der Waals surface area contributed by atoms with Gasteiger partial charge in [0.15, 0.2) is 5.75 Å². The Kier molecular flexibility index (Phi) is 3.38. The first-order chi connectivity index (χ1) is 5.59. The van der Waals surface area contributed by atoms with Crippen molar-refractivity contribution in [3.63, 3.8) is 0 Å². The van der Waals surface area contributed by atoms with Crippen LogP contribution in [0.5, 0.6) is 5.75 Å². The SMILES string of the molecule is O=C(Cl)Oc1cc(Br)ccc1Cl. The van der Waals surface area contributed by atoms with Gasteiger partial charge in [-0.05, 0) is 18.2 Å². The van der Waals surface area contributed by atoms with E-state index >= 15 is 0 Å². The van der Waals surface area contributed by atoms with Gasteiger partial charge in [-0.15, -0.1) is 0 Å². The minimum atomic E-state index is -0.907. The molecule has 0 aliphatic heterocycles. The number of benzene rings is 1. The zero-order chi connectivity index (χ0) is 9.14. The van der Waals surface area contributed by atoms with Crippen LogP contribution in [-0.2, 0) is 0 Å². The molecule has 0 fully saturated rings. The van der Waals surface area contributed by atoms with Gasteiger partial charge in [-0.1, -0.05) is 27.5 Å². The van der Waals surface area contributed by atoms with E-state index in [0.29, 0.717) is 5.02 Å². The summed E-state index contributed by atoms with van der Waals surface area (Å²) in [5.41, 5.74) is -0.907. The Bertz CT molecular complexity index is 314. The fourth-order valence-electron chi connectivity index (χ4n) is 0.642. The van der Waals surface area contributed by atoms with Crippen LogP contribution in [0.4, 0.5) is 4.79 Å². The minimum Gasteiger partial charge on any atom is -0.413 e. The van der Waals surface area contributed by atoms with E-state index in [1.54, 1.807) is 18.2 Å². The van der Waals surface area contributed by atoms with Crippen LogP contribution in [-0.4, -0.2) is 5.43 Å². The van der Waals surface area contributed by atoms with Gasteiger partial charge < -0.3 is 4.74 Å². The van der Waals surface area contributed by atoms with E-state index in [1.165, 1.54) is 0 Å². The molecule has 0 atom stereocenters. The normalized spacial score (nSPS) is 9.58. The monoisotopic (exact) mass is 268 g/mol. The molecule has 1 aromatic rings. The van der Waals surface area contributed by atoms with Crippen molar-refractivity contribution in [2.24, 2.45) is 0 Å². The van der Waals surface area contributed by atoms with Crippen molar-refractivity contribution < 1.29 is 9.53 Å². The third-order valence-corrected chi connectivity index (χ3v) is 1.97. The molecule has 12 heavy (non-hydrogen) atoms. The van der Waals surface area contributed by atoms with Crippen LogP contribution in [0.1, 0.15) is 0 Å². The van der Waals surface area contributed by atoms with Gasteiger partial charge in [0, 0.05) is 16.1 Å². The van der Waals surface area contributed by atoms with Crippen LogP contribution in [0.2, 0.25) is 5.02 Å². The molecule has 2 nitrogen and oxygen atoms in total. The van der Waals surface area contributed by atoms with Crippen LogP contribution < -0.4 is 4.74 Å². The Morgan fingerprint density at radius 1 is 1.50 bits per heavy atom. The molecule has 1 aromatic carbocycles. The van der Waals surface area contributed by atoms with E-state index in [0.717, 1.165) is 4.47 Å². The van der Waals surface area contributed by atoms with E-state index in [-0.39, 0.29) is 5.75 Å². The fraction of sp³-hybridized carbons (Fsp3) is 0. The van der Waals surface area contributed by atoms with E-state index in [9.17, 15) is 4.79 Å². The highest BCUT2D eigenvalue weighted by Crippen LogP contribution is 2.28. The summed E-state index contributed by atoms with van der Waals surface area (Å²) in [6.07, 6.45) is 0. The fourth-order valence-corrected chi connectivity index (χ4v) is 1.22. The van der Waals surface area contributed by atoms with Gasteiger partial charge in [-0.3, -0.25) is 0 Å². The molecular formula is C7H3BrCl2O2. The molecule has 64 valence electrons. The van der Waals surface area contributed by atoms with Gasteiger partial charge in [0.1, 0.15) is 0 Å². The highest BCUT2D eigenvalue weighted by atomic mass is 79.9. The smallest absolute Gasteiger partial charge is 0.409 e. The van der Waals surface area contributed by atoms with Gasteiger partial charge >= 0.3 is 5.43 Å². The summed E-state index contributed by atoms with van der Waals surface area (Å²) in [5.74, 6) is 0.242. The molecule has 0 unspecified atom stereocenters. The van der Waals surface area contributed by atoms with E-state index in [4.69, 9.17) is 23.2 Å². The van der Waals surface area contributed by atoms with Crippen molar-refractivity contribution >= 4 is 44.6 Å². The van der Waals surface area contributed by atoms with Gasteiger partial charge in [-0.25, -0.2) is 4.79 Å². The van der Waals surface area contributed by atoms with Crippen molar-refractivity contribution in [3.05, 3.63) is 27.7 Å². The summed E-state index contributed by atoms with van der Waals surface area (Å²) in [6.45, 7) is 0. The molecule has 0 bridgehead atoms. The summed E-state index contributed by atoms with van der Waals surface area (Å²) in [7, 11) is 0. The second-order valence-corrected chi connectivity index (χ2v) is 3.55. The number of ether oxygens (including phenoxy) is 1. The molecule has 5 heteroatoms. The summed E-state index contributed by atoms with van der Waals surface area (Å²) in [4.78, 5) is 10.3. The molecule has 0 N–H and O–H groups in total. The Morgan fingerprint density at radius 3 is 2.75 bits per heavy atom.